The Balaban J connectivity index is 2.05. The molecule has 1 atom stereocenters. The van der Waals surface area contributed by atoms with Crippen LogP contribution < -0.4 is 10.1 Å². The summed E-state index contributed by atoms with van der Waals surface area (Å²) in [5.74, 6) is 1.84. The highest BCUT2D eigenvalue weighted by Crippen LogP contribution is 2.34. The zero-order valence-corrected chi connectivity index (χ0v) is 13.6. The molecule has 0 radical (unpaired) electrons. The van der Waals surface area contributed by atoms with Gasteiger partial charge in [0.1, 0.15) is 5.75 Å². The van der Waals surface area contributed by atoms with Crippen LogP contribution in [0.1, 0.15) is 37.8 Å². The molecule has 1 heterocycles. The molecule has 3 heteroatoms. The fourth-order valence-corrected chi connectivity index (χ4v) is 3.21. The van der Waals surface area contributed by atoms with Crippen LogP contribution in [-0.4, -0.2) is 19.7 Å². The van der Waals surface area contributed by atoms with E-state index in [1.807, 2.05) is 0 Å². The lowest BCUT2D eigenvalue weighted by molar-refractivity contribution is 0.349. The van der Waals surface area contributed by atoms with Gasteiger partial charge in [0.25, 0.3) is 0 Å². The van der Waals surface area contributed by atoms with Gasteiger partial charge in [-0.3, -0.25) is 0 Å². The van der Waals surface area contributed by atoms with E-state index in [2.05, 4.69) is 47.2 Å². The highest BCUT2D eigenvalue weighted by atomic mass is 79.9. The minimum absolute atomic E-state index is 0.689. The fraction of sp³-hybridized carbons (Fsp3) is 0.625. The molecule has 2 nitrogen and oxygen atoms in total. The summed E-state index contributed by atoms with van der Waals surface area (Å²) in [4.78, 5) is 0. The molecular formula is C16H24BrNO. The van der Waals surface area contributed by atoms with Crippen LogP contribution in [0.4, 0.5) is 0 Å². The van der Waals surface area contributed by atoms with Gasteiger partial charge in [-0.25, -0.2) is 0 Å². The molecule has 1 unspecified atom stereocenters. The lowest BCUT2D eigenvalue weighted by Crippen LogP contribution is -2.24. The van der Waals surface area contributed by atoms with Gasteiger partial charge in [-0.1, -0.05) is 36.2 Å². The predicted molar refractivity (Wildman–Crippen MR) is 84.0 cm³/mol. The van der Waals surface area contributed by atoms with E-state index in [4.69, 9.17) is 4.74 Å². The first-order valence-electron chi connectivity index (χ1n) is 7.39. The van der Waals surface area contributed by atoms with Gasteiger partial charge in [-0.15, -0.1) is 0 Å². The molecule has 0 bridgehead atoms. The number of hydrogen-bond donors (Lipinski definition) is 1. The van der Waals surface area contributed by atoms with Gasteiger partial charge in [0.2, 0.25) is 0 Å². The van der Waals surface area contributed by atoms with Crippen LogP contribution in [-0.2, 0) is 12.8 Å². The highest BCUT2D eigenvalue weighted by Gasteiger charge is 2.19. The second kappa shape index (κ2) is 7.30. The van der Waals surface area contributed by atoms with Crippen LogP contribution in [0.5, 0.6) is 5.75 Å². The van der Waals surface area contributed by atoms with Crippen molar-refractivity contribution in [2.75, 3.05) is 19.7 Å². The molecular weight excluding hydrogens is 302 g/mol. The van der Waals surface area contributed by atoms with E-state index in [0.717, 1.165) is 38.3 Å². The third-order valence-corrected chi connectivity index (χ3v) is 4.23. The lowest BCUT2D eigenvalue weighted by atomic mass is 9.95. The van der Waals surface area contributed by atoms with E-state index in [-0.39, 0.29) is 0 Å². The Morgan fingerprint density at radius 1 is 1.37 bits per heavy atom. The summed E-state index contributed by atoms with van der Waals surface area (Å²) in [6.07, 6.45) is 4.56. The maximum atomic E-state index is 5.81. The molecule has 0 aromatic heterocycles. The van der Waals surface area contributed by atoms with Crippen LogP contribution >= 0.6 is 15.9 Å². The zero-order valence-electron chi connectivity index (χ0n) is 12.0. The number of hydrogen-bond acceptors (Lipinski definition) is 2. The van der Waals surface area contributed by atoms with Crippen LogP contribution in [0, 0.1) is 5.92 Å². The number of rotatable bonds is 7. The average Bonchev–Trinajstić information content (AvgIpc) is 2.85. The van der Waals surface area contributed by atoms with Gasteiger partial charge >= 0.3 is 0 Å². The van der Waals surface area contributed by atoms with E-state index in [1.54, 1.807) is 0 Å². The summed E-state index contributed by atoms with van der Waals surface area (Å²) in [6, 6.07) is 4.43. The van der Waals surface area contributed by atoms with E-state index < -0.39 is 0 Å². The Labute approximate surface area is 125 Å². The van der Waals surface area contributed by atoms with Crippen molar-refractivity contribution in [3.63, 3.8) is 0 Å². The summed E-state index contributed by atoms with van der Waals surface area (Å²) in [5, 5.41) is 3.54. The SMILES string of the molecule is CCCNCC(CC)Cc1cc(Br)cc2c1OCC2. The van der Waals surface area contributed by atoms with Crippen molar-refractivity contribution in [1.82, 2.24) is 5.32 Å². The molecule has 1 aliphatic heterocycles. The minimum atomic E-state index is 0.689. The van der Waals surface area contributed by atoms with Gasteiger partial charge in [0.05, 0.1) is 6.61 Å². The second-order valence-electron chi connectivity index (χ2n) is 5.33. The van der Waals surface area contributed by atoms with Crippen LogP contribution in [0.3, 0.4) is 0 Å². The molecule has 2 rings (SSSR count). The topological polar surface area (TPSA) is 21.3 Å². The first kappa shape index (κ1) is 14.9. The number of nitrogens with one attached hydrogen (secondary N) is 1. The molecule has 19 heavy (non-hydrogen) atoms. The van der Waals surface area contributed by atoms with Crippen molar-refractivity contribution < 1.29 is 4.74 Å². The number of halogens is 1. The summed E-state index contributed by atoms with van der Waals surface area (Å²) in [6.45, 7) is 7.54. The normalized spacial score (nSPS) is 15.1. The summed E-state index contributed by atoms with van der Waals surface area (Å²) >= 11 is 3.62. The van der Waals surface area contributed by atoms with Crippen molar-refractivity contribution in [2.45, 2.75) is 39.5 Å². The Hall–Kier alpha value is -0.540. The highest BCUT2D eigenvalue weighted by molar-refractivity contribution is 9.10. The Morgan fingerprint density at radius 3 is 2.95 bits per heavy atom. The van der Waals surface area contributed by atoms with Gasteiger partial charge in [0.15, 0.2) is 0 Å². The molecule has 0 spiro atoms. The number of fused-ring (bicyclic) bond motifs is 1. The van der Waals surface area contributed by atoms with Gasteiger partial charge in [0, 0.05) is 10.9 Å². The second-order valence-corrected chi connectivity index (χ2v) is 6.25. The smallest absolute Gasteiger partial charge is 0.125 e. The van der Waals surface area contributed by atoms with Crippen molar-refractivity contribution in [3.05, 3.63) is 27.7 Å². The molecule has 0 fully saturated rings. The molecule has 0 amide bonds. The Bertz CT molecular complexity index is 419. The molecule has 0 saturated heterocycles. The van der Waals surface area contributed by atoms with E-state index in [1.165, 1.54) is 28.4 Å². The summed E-state index contributed by atoms with van der Waals surface area (Å²) < 4.78 is 7.00. The quantitative estimate of drug-likeness (QED) is 0.766. The van der Waals surface area contributed by atoms with Crippen molar-refractivity contribution in [3.8, 4) is 5.75 Å². The van der Waals surface area contributed by atoms with Gasteiger partial charge < -0.3 is 10.1 Å². The number of ether oxygens (including phenoxy) is 1. The van der Waals surface area contributed by atoms with Crippen LogP contribution in [0.15, 0.2) is 16.6 Å². The largest absolute Gasteiger partial charge is 0.493 e. The predicted octanol–water partition coefficient (Wildman–Crippen LogP) is 3.95. The van der Waals surface area contributed by atoms with Crippen molar-refractivity contribution in [2.24, 2.45) is 5.92 Å². The number of benzene rings is 1. The van der Waals surface area contributed by atoms with E-state index >= 15 is 0 Å². The van der Waals surface area contributed by atoms with E-state index in [9.17, 15) is 0 Å². The van der Waals surface area contributed by atoms with Crippen LogP contribution in [0.2, 0.25) is 0 Å². The summed E-state index contributed by atoms with van der Waals surface area (Å²) in [7, 11) is 0. The summed E-state index contributed by atoms with van der Waals surface area (Å²) in [5.41, 5.74) is 2.73. The Morgan fingerprint density at radius 2 is 2.21 bits per heavy atom. The third-order valence-electron chi connectivity index (χ3n) is 3.77. The molecule has 1 N–H and O–H groups in total. The van der Waals surface area contributed by atoms with Gasteiger partial charge in [-0.05, 0) is 55.1 Å². The fourth-order valence-electron chi connectivity index (χ4n) is 2.65. The lowest BCUT2D eigenvalue weighted by Gasteiger charge is -2.17. The van der Waals surface area contributed by atoms with Crippen molar-refractivity contribution in [1.29, 1.82) is 0 Å². The zero-order chi connectivity index (χ0) is 13.7. The molecule has 0 saturated carbocycles. The van der Waals surface area contributed by atoms with Gasteiger partial charge in [-0.2, -0.15) is 0 Å². The van der Waals surface area contributed by atoms with Crippen LogP contribution in [0.25, 0.3) is 0 Å². The monoisotopic (exact) mass is 325 g/mol. The van der Waals surface area contributed by atoms with Crippen molar-refractivity contribution >= 4 is 15.9 Å². The average molecular weight is 326 g/mol. The molecule has 1 aliphatic rings. The molecule has 1 aromatic carbocycles. The standard InChI is InChI=1S/C16H24BrNO/c1-3-6-18-11-12(4-2)8-14-10-15(17)9-13-5-7-19-16(13)14/h9-10,12,18H,3-8,11H2,1-2H3. The minimum Gasteiger partial charge on any atom is -0.493 e. The van der Waals surface area contributed by atoms with E-state index in [0.29, 0.717) is 5.92 Å². The molecule has 106 valence electrons. The Kier molecular flexibility index (Phi) is 5.71. The maximum Gasteiger partial charge on any atom is 0.125 e. The first-order valence-corrected chi connectivity index (χ1v) is 8.18. The molecule has 1 aromatic rings. The first-order chi connectivity index (χ1) is 9.24. The third kappa shape index (κ3) is 3.96. The molecule has 0 aliphatic carbocycles. The maximum absolute atomic E-state index is 5.81.